The van der Waals surface area contributed by atoms with Gasteiger partial charge in [-0.3, -0.25) is 4.79 Å². The molecule has 28 heavy (non-hydrogen) atoms. The van der Waals surface area contributed by atoms with Crippen molar-refractivity contribution in [1.82, 2.24) is 15.6 Å². The van der Waals surface area contributed by atoms with Gasteiger partial charge in [0.25, 0.3) is 0 Å². The topological polar surface area (TPSA) is 56.9 Å². The van der Waals surface area contributed by atoms with E-state index in [0.29, 0.717) is 18.9 Å². The van der Waals surface area contributed by atoms with E-state index >= 15 is 0 Å². The van der Waals surface area contributed by atoms with Gasteiger partial charge in [0.1, 0.15) is 0 Å². The van der Waals surface area contributed by atoms with Crippen molar-refractivity contribution < 1.29 is 4.79 Å². The largest absolute Gasteiger partial charge is 0.361 e. The Morgan fingerprint density at radius 1 is 1.14 bits per heavy atom. The van der Waals surface area contributed by atoms with Crippen LogP contribution >= 0.6 is 11.6 Å². The van der Waals surface area contributed by atoms with Gasteiger partial charge < -0.3 is 15.6 Å². The van der Waals surface area contributed by atoms with E-state index in [-0.39, 0.29) is 11.8 Å². The molecule has 0 aliphatic carbocycles. The summed E-state index contributed by atoms with van der Waals surface area (Å²) in [6, 6.07) is 16.1. The number of carbonyl (C=O) groups excluding carboxylic acids is 1. The van der Waals surface area contributed by atoms with Crippen molar-refractivity contribution in [2.75, 3.05) is 19.6 Å². The summed E-state index contributed by atoms with van der Waals surface area (Å²) in [4.78, 5) is 15.8. The number of carbonyl (C=O) groups is 1. The van der Waals surface area contributed by atoms with Crippen LogP contribution in [0.25, 0.3) is 10.9 Å². The van der Waals surface area contributed by atoms with Crippen LogP contribution in [0.1, 0.15) is 36.3 Å². The van der Waals surface area contributed by atoms with Crippen LogP contribution in [-0.4, -0.2) is 30.5 Å². The second-order valence-electron chi connectivity index (χ2n) is 7.57. The molecule has 4 nitrogen and oxygen atoms in total. The molecule has 1 amide bonds. The third-order valence-electron chi connectivity index (χ3n) is 5.72. The van der Waals surface area contributed by atoms with Crippen molar-refractivity contribution in [2.45, 2.75) is 25.2 Å². The molecule has 4 rings (SSSR count). The molecule has 2 heterocycles. The first-order valence-electron chi connectivity index (χ1n) is 10.00. The third kappa shape index (κ3) is 4.23. The van der Waals surface area contributed by atoms with Gasteiger partial charge in [-0.25, -0.2) is 0 Å². The minimum Gasteiger partial charge on any atom is -0.361 e. The Bertz CT molecular complexity index is 946. The molecular weight excluding hydrogens is 370 g/mol. The minimum atomic E-state index is 0.00180. The number of hydrogen-bond acceptors (Lipinski definition) is 2. The van der Waals surface area contributed by atoms with E-state index in [9.17, 15) is 4.79 Å². The smallest absolute Gasteiger partial charge is 0.220 e. The number of halogens is 1. The summed E-state index contributed by atoms with van der Waals surface area (Å²) < 4.78 is 0. The number of fused-ring (bicyclic) bond motifs is 1. The van der Waals surface area contributed by atoms with E-state index in [0.717, 1.165) is 41.2 Å². The fourth-order valence-electron chi connectivity index (χ4n) is 4.13. The Morgan fingerprint density at radius 3 is 2.79 bits per heavy atom. The number of rotatable bonds is 7. The van der Waals surface area contributed by atoms with Gasteiger partial charge in [-0.15, -0.1) is 0 Å². The molecule has 0 radical (unpaired) electrons. The Hall–Kier alpha value is -2.30. The average Bonchev–Trinajstić information content (AvgIpc) is 3.38. The monoisotopic (exact) mass is 395 g/mol. The van der Waals surface area contributed by atoms with Crippen molar-refractivity contribution in [3.05, 3.63) is 70.9 Å². The predicted octanol–water partition coefficient (Wildman–Crippen LogP) is 4.46. The number of aromatic nitrogens is 1. The third-order valence-corrected chi connectivity index (χ3v) is 6.07. The Balaban J connectivity index is 1.52. The second-order valence-corrected chi connectivity index (χ2v) is 7.97. The van der Waals surface area contributed by atoms with E-state index in [4.69, 9.17) is 11.6 Å². The molecule has 0 bridgehead atoms. The SMILES string of the molecule is O=C(CCC1CCNC1)NCC(c1ccccc1Cl)c1c[nH]c2ccccc12. The first-order chi connectivity index (χ1) is 13.7. The first-order valence-corrected chi connectivity index (χ1v) is 10.4. The lowest BCUT2D eigenvalue weighted by atomic mass is 9.90. The quantitative estimate of drug-likeness (QED) is 0.553. The van der Waals surface area contributed by atoms with E-state index in [2.05, 4.69) is 27.8 Å². The molecule has 1 fully saturated rings. The molecule has 2 unspecified atom stereocenters. The number of hydrogen-bond donors (Lipinski definition) is 3. The lowest BCUT2D eigenvalue weighted by Gasteiger charge is -2.20. The molecule has 1 aliphatic rings. The molecule has 5 heteroatoms. The molecule has 0 spiro atoms. The molecular formula is C23H26ClN3O. The lowest BCUT2D eigenvalue weighted by molar-refractivity contribution is -0.121. The molecule has 1 aromatic heterocycles. The average molecular weight is 396 g/mol. The maximum Gasteiger partial charge on any atom is 0.220 e. The fraction of sp³-hybridized carbons (Fsp3) is 0.348. The zero-order chi connectivity index (χ0) is 19.3. The minimum absolute atomic E-state index is 0.00180. The molecule has 1 saturated heterocycles. The van der Waals surface area contributed by atoms with Crippen LogP contribution in [0, 0.1) is 5.92 Å². The molecule has 3 N–H and O–H groups in total. The van der Waals surface area contributed by atoms with Crippen LogP contribution in [0.15, 0.2) is 54.7 Å². The summed E-state index contributed by atoms with van der Waals surface area (Å²) in [6.45, 7) is 2.64. The van der Waals surface area contributed by atoms with Crippen LogP contribution < -0.4 is 10.6 Å². The summed E-state index contributed by atoms with van der Waals surface area (Å²) in [5.41, 5.74) is 3.29. The Labute approximate surface area is 170 Å². The normalized spacial score (nSPS) is 17.7. The Morgan fingerprint density at radius 2 is 1.96 bits per heavy atom. The van der Waals surface area contributed by atoms with Crippen LogP contribution in [0.2, 0.25) is 5.02 Å². The molecule has 1 aliphatic heterocycles. The first kappa shape index (κ1) is 19.0. The highest BCUT2D eigenvalue weighted by Gasteiger charge is 2.22. The van der Waals surface area contributed by atoms with Crippen LogP contribution in [0.5, 0.6) is 0 Å². The molecule has 0 saturated carbocycles. The van der Waals surface area contributed by atoms with Crippen molar-refractivity contribution in [1.29, 1.82) is 0 Å². The van der Waals surface area contributed by atoms with E-state index < -0.39 is 0 Å². The van der Waals surface area contributed by atoms with Crippen LogP contribution in [-0.2, 0) is 4.79 Å². The van der Waals surface area contributed by atoms with Gasteiger partial charge in [-0.05, 0) is 55.1 Å². The molecule has 146 valence electrons. The number of benzene rings is 2. The van der Waals surface area contributed by atoms with Gasteiger partial charge in [-0.2, -0.15) is 0 Å². The number of aromatic amines is 1. The van der Waals surface area contributed by atoms with Gasteiger partial charge in [-0.1, -0.05) is 48.0 Å². The van der Waals surface area contributed by atoms with Gasteiger partial charge in [0.15, 0.2) is 0 Å². The van der Waals surface area contributed by atoms with Gasteiger partial charge in [0.2, 0.25) is 5.91 Å². The molecule has 3 aromatic rings. The highest BCUT2D eigenvalue weighted by atomic mass is 35.5. The van der Waals surface area contributed by atoms with Crippen LogP contribution in [0.3, 0.4) is 0 Å². The van der Waals surface area contributed by atoms with E-state index in [1.165, 1.54) is 11.8 Å². The predicted molar refractivity (Wildman–Crippen MR) is 115 cm³/mol. The number of amides is 1. The van der Waals surface area contributed by atoms with Gasteiger partial charge >= 0.3 is 0 Å². The number of H-pyrrole nitrogens is 1. The number of nitrogens with one attached hydrogen (secondary N) is 3. The second kappa shape index (κ2) is 8.80. The van der Waals surface area contributed by atoms with E-state index in [1.807, 2.05) is 42.6 Å². The molecule has 2 aromatic carbocycles. The fourth-order valence-corrected chi connectivity index (χ4v) is 4.40. The van der Waals surface area contributed by atoms with Gasteiger partial charge in [0, 0.05) is 41.0 Å². The van der Waals surface area contributed by atoms with Crippen molar-refractivity contribution in [3.63, 3.8) is 0 Å². The van der Waals surface area contributed by atoms with Crippen molar-refractivity contribution >= 4 is 28.4 Å². The summed E-state index contributed by atoms with van der Waals surface area (Å²) in [5.74, 6) is 0.740. The Kier molecular flexibility index (Phi) is 5.98. The lowest BCUT2D eigenvalue weighted by Crippen LogP contribution is -2.29. The highest BCUT2D eigenvalue weighted by molar-refractivity contribution is 6.31. The maximum absolute atomic E-state index is 12.5. The summed E-state index contributed by atoms with van der Waals surface area (Å²) in [6.07, 6.45) is 4.73. The standard InChI is InChI=1S/C23H26ClN3O/c24-21-7-3-1-5-17(21)19(20-14-26-22-8-4-2-6-18(20)22)15-27-23(28)10-9-16-11-12-25-13-16/h1-8,14,16,19,25-26H,9-13,15H2,(H,27,28). The highest BCUT2D eigenvalue weighted by Crippen LogP contribution is 2.34. The molecule has 2 atom stereocenters. The summed E-state index contributed by atoms with van der Waals surface area (Å²) >= 11 is 6.52. The van der Waals surface area contributed by atoms with Crippen molar-refractivity contribution in [3.8, 4) is 0 Å². The summed E-state index contributed by atoms with van der Waals surface area (Å²) in [5, 5.41) is 8.40. The van der Waals surface area contributed by atoms with Crippen LogP contribution in [0.4, 0.5) is 0 Å². The summed E-state index contributed by atoms with van der Waals surface area (Å²) in [7, 11) is 0. The van der Waals surface area contributed by atoms with Gasteiger partial charge in [0.05, 0.1) is 0 Å². The number of para-hydroxylation sites is 1. The maximum atomic E-state index is 12.5. The van der Waals surface area contributed by atoms with E-state index in [1.54, 1.807) is 0 Å². The van der Waals surface area contributed by atoms with Crippen molar-refractivity contribution in [2.24, 2.45) is 5.92 Å². The zero-order valence-electron chi connectivity index (χ0n) is 15.9. The zero-order valence-corrected chi connectivity index (χ0v) is 16.6.